The van der Waals surface area contributed by atoms with E-state index in [4.69, 9.17) is 5.73 Å². The van der Waals surface area contributed by atoms with E-state index in [9.17, 15) is 9.59 Å². The summed E-state index contributed by atoms with van der Waals surface area (Å²) in [6.45, 7) is 4.02. The van der Waals surface area contributed by atoms with Gasteiger partial charge >= 0.3 is 0 Å². The standard InChI is InChI=1S/C18H25N3O2/c1-11-7-8-18(19,10-11)17(23)21-14-4-3-12(2)15(9-14)16(22)20-13-5-6-13/h3-4,9,11,13H,5-8,10,19H2,1-2H3,(H,20,22)(H,21,23). The molecule has 4 N–H and O–H groups in total. The van der Waals surface area contributed by atoms with E-state index in [0.29, 0.717) is 36.1 Å². The highest BCUT2D eigenvalue weighted by molar-refractivity contribution is 6.01. The van der Waals surface area contributed by atoms with Crippen LogP contribution in [0.5, 0.6) is 0 Å². The van der Waals surface area contributed by atoms with E-state index >= 15 is 0 Å². The Bertz CT molecular complexity index is 639. The van der Waals surface area contributed by atoms with Crippen LogP contribution in [-0.4, -0.2) is 23.4 Å². The average molecular weight is 315 g/mol. The van der Waals surface area contributed by atoms with Gasteiger partial charge in [0.05, 0.1) is 5.54 Å². The largest absolute Gasteiger partial charge is 0.349 e. The lowest BCUT2D eigenvalue weighted by atomic mass is 9.96. The molecule has 2 amide bonds. The topological polar surface area (TPSA) is 84.2 Å². The van der Waals surface area contributed by atoms with Crippen molar-refractivity contribution in [3.8, 4) is 0 Å². The molecule has 0 aromatic heterocycles. The van der Waals surface area contributed by atoms with Gasteiger partial charge < -0.3 is 16.4 Å². The highest BCUT2D eigenvalue weighted by Gasteiger charge is 2.40. The smallest absolute Gasteiger partial charge is 0.251 e. The maximum Gasteiger partial charge on any atom is 0.251 e. The molecule has 0 radical (unpaired) electrons. The first-order valence-corrected chi connectivity index (χ1v) is 8.39. The van der Waals surface area contributed by atoms with Gasteiger partial charge in [0.25, 0.3) is 5.91 Å². The summed E-state index contributed by atoms with van der Waals surface area (Å²) in [6, 6.07) is 5.74. The molecule has 0 spiro atoms. The number of anilines is 1. The SMILES string of the molecule is Cc1ccc(NC(=O)C2(N)CCC(C)C2)cc1C(=O)NC1CC1. The summed E-state index contributed by atoms with van der Waals surface area (Å²) in [4.78, 5) is 24.8. The number of hydrogen-bond acceptors (Lipinski definition) is 3. The van der Waals surface area contributed by atoms with Gasteiger partial charge in [0.1, 0.15) is 0 Å². The van der Waals surface area contributed by atoms with E-state index in [-0.39, 0.29) is 11.8 Å². The lowest BCUT2D eigenvalue weighted by Gasteiger charge is -2.23. The van der Waals surface area contributed by atoms with Crippen LogP contribution in [0.15, 0.2) is 18.2 Å². The lowest BCUT2D eigenvalue weighted by Crippen LogP contribution is -2.49. The van der Waals surface area contributed by atoms with Crippen molar-refractivity contribution in [2.24, 2.45) is 11.7 Å². The lowest BCUT2D eigenvalue weighted by molar-refractivity contribution is -0.121. The van der Waals surface area contributed by atoms with Gasteiger partial charge in [0.15, 0.2) is 0 Å². The molecule has 0 aliphatic heterocycles. The zero-order valence-electron chi connectivity index (χ0n) is 13.8. The summed E-state index contributed by atoms with van der Waals surface area (Å²) in [7, 11) is 0. The molecular weight excluding hydrogens is 290 g/mol. The first-order valence-electron chi connectivity index (χ1n) is 8.39. The zero-order chi connectivity index (χ0) is 16.6. The molecule has 2 unspecified atom stereocenters. The fraction of sp³-hybridized carbons (Fsp3) is 0.556. The second-order valence-electron chi connectivity index (χ2n) is 7.24. The summed E-state index contributed by atoms with van der Waals surface area (Å²) < 4.78 is 0. The molecule has 2 aliphatic carbocycles. The quantitative estimate of drug-likeness (QED) is 0.797. The molecule has 2 saturated carbocycles. The van der Waals surface area contributed by atoms with E-state index < -0.39 is 5.54 Å². The number of aryl methyl sites for hydroxylation is 1. The van der Waals surface area contributed by atoms with Crippen LogP contribution >= 0.6 is 0 Å². The molecule has 0 bridgehead atoms. The first-order chi connectivity index (χ1) is 10.9. The van der Waals surface area contributed by atoms with Crippen molar-refractivity contribution in [2.75, 3.05) is 5.32 Å². The third-order valence-electron chi connectivity index (χ3n) is 4.90. The Labute approximate surface area is 137 Å². The number of benzene rings is 1. The molecule has 0 heterocycles. The number of hydrogen-bond donors (Lipinski definition) is 3. The minimum absolute atomic E-state index is 0.0713. The molecule has 124 valence electrons. The Balaban J connectivity index is 1.72. The van der Waals surface area contributed by atoms with Gasteiger partial charge in [0.2, 0.25) is 5.91 Å². The van der Waals surface area contributed by atoms with E-state index in [0.717, 1.165) is 24.8 Å². The van der Waals surface area contributed by atoms with Gasteiger partial charge in [-0.25, -0.2) is 0 Å². The van der Waals surface area contributed by atoms with Crippen LogP contribution in [0.3, 0.4) is 0 Å². The van der Waals surface area contributed by atoms with Crippen LogP contribution in [0.4, 0.5) is 5.69 Å². The third kappa shape index (κ3) is 3.55. The minimum Gasteiger partial charge on any atom is -0.349 e. The van der Waals surface area contributed by atoms with Crippen LogP contribution in [0.1, 0.15) is 54.9 Å². The van der Waals surface area contributed by atoms with Gasteiger partial charge in [-0.15, -0.1) is 0 Å². The monoisotopic (exact) mass is 315 g/mol. The Hall–Kier alpha value is -1.88. The fourth-order valence-corrected chi connectivity index (χ4v) is 3.23. The molecule has 2 aliphatic rings. The molecule has 1 aromatic carbocycles. The molecule has 2 fully saturated rings. The Morgan fingerprint density at radius 3 is 2.61 bits per heavy atom. The van der Waals surface area contributed by atoms with Crippen molar-refractivity contribution in [3.05, 3.63) is 29.3 Å². The highest BCUT2D eigenvalue weighted by Crippen LogP contribution is 2.33. The van der Waals surface area contributed by atoms with Crippen molar-refractivity contribution in [1.82, 2.24) is 5.32 Å². The van der Waals surface area contributed by atoms with E-state index in [2.05, 4.69) is 17.6 Å². The Morgan fingerprint density at radius 2 is 2.00 bits per heavy atom. The van der Waals surface area contributed by atoms with Crippen molar-refractivity contribution in [3.63, 3.8) is 0 Å². The zero-order valence-corrected chi connectivity index (χ0v) is 13.8. The van der Waals surface area contributed by atoms with Gasteiger partial charge in [-0.05, 0) is 62.6 Å². The molecule has 23 heavy (non-hydrogen) atoms. The molecule has 5 heteroatoms. The van der Waals surface area contributed by atoms with E-state index in [1.54, 1.807) is 6.07 Å². The van der Waals surface area contributed by atoms with Gasteiger partial charge in [-0.3, -0.25) is 9.59 Å². The molecule has 3 rings (SSSR count). The highest BCUT2D eigenvalue weighted by atomic mass is 16.2. The molecule has 5 nitrogen and oxygen atoms in total. The van der Waals surface area contributed by atoms with Crippen LogP contribution in [-0.2, 0) is 4.79 Å². The van der Waals surface area contributed by atoms with Gasteiger partial charge in [-0.1, -0.05) is 13.0 Å². The molecular formula is C18H25N3O2. The minimum atomic E-state index is -0.791. The number of amides is 2. The van der Waals surface area contributed by atoms with Crippen LogP contribution < -0.4 is 16.4 Å². The van der Waals surface area contributed by atoms with Crippen LogP contribution in [0.2, 0.25) is 0 Å². The Morgan fingerprint density at radius 1 is 1.26 bits per heavy atom. The number of carbonyl (C=O) groups is 2. The number of rotatable bonds is 4. The second-order valence-corrected chi connectivity index (χ2v) is 7.24. The number of nitrogens with one attached hydrogen (secondary N) is 2. The average Bonchev–Trinajstić information content (AvgIpc) is 3.24. The number of nitrogens with two attached hydrogens (primary N) is 1. The predicted molar refractivity (Wildman–Crippen MR) is 90.2 cm³/mol. The van der Waals surface area contributed by atoms with E-state index in [1.807, 2.05) is 19.1 Å². The van der Waals surface area contributed by atoms with Gasteiger partial charge in [-0.2, -0.15) is 0 Å². The molecule has 1 aromatic rings. The fourth-order valence-electron chi connectivity index (χ4n) is 3.23. The van der Waals surface area contributed by atoms with Crippen molar-refractivity contribution < 1.29 is 9.59 Å². The van der Waals surface area contributed by atoms with Crippen molar-refractivity contribution in [2.45, 2.75) is 57.5 Å². The predicted octanol–water partition coefficient (Wildman–Crippen LogP) is 2.34. The maximum atomic E-state index is 12.5. The summed E-state index contributed by atoms with van der Waals surface area (Å²) in [5, 5.41) is 5.88. The third-order valence-corrected chi connectivity index (χ3v) is 4.90. The second kappa shape index (κ2) is 5.96. The van der Waals surface area contributed by atoms with E-state index in [1.165, 1.54) is 0 Å². The summed E-state index contributed by atoms with van der Waals surface area (Å²) in [5.41, 5.74) is 7.60. The summed E-state index contributed by atoms with van der Waals surface area (Å²) >= 11 is 0. The first kappa shape index (κ1) is 16.0. The van der Waals surface area contributed by atoms with Crippen molar-refractivity contribution in [1.29, 1.82) is 0 Å². The van der Waals surface area contributed by atoms with Crippen LogP contribution in [0.25, 0.3) is 0 Å². The normalized spacial score (nSPS) is 26.8. The molecule has 2 atom stereocenters. The number of carbonyl (C=O) groups excluding carboxylic acids is 2. The molecule has 0 saturated heterocycles. The maximum absolute atomic E-state index is 12.5. The van der Waals surface area contributed by atoms with Crippen LogP contribution in [0, 0.1) is 12.8 Å². The van der Waals surface area contributed by atoms with Crippen molar-refractivity contribution >= 4 is 17.5 Å². The Kier molecular flexibility index (Phi) is 4.15. The summed E-state index contributed by atoms with van der Waals surface area (Å²) in [5.74, 6) is 0.251. The summed E-state index contributed by atoms with van der Waals surface area (Å²) in [6.07, 6.45) is 4.50. The van der Waals surface area contributed by atoms with Gasteiger partial charge in [0, 0.05) is 17.3 Å².